The number of imidazole rings is 1. The smallest absolute Gasteiger partial charge is 0.179 e. The van der Waals surface area contributed by atoms with Crippen molar-refractivity contribution in [1.29, 1.82) is 0 Å². The van der Waals surface area contributed by atoms with E-state index in [1.54, 1.807) is 0 Å². The Hall–Kier alpha value is -2.97. The van der Waals surface area contributed by atoms with Crippen LogP contribution in [0.1, 0.15) is 30.1 Å². The molecule has 0 saturated carbocycles. The summed E-state index contributed by atoms with van der Waals surface area (Å²) in [5.74, 6) is -0.00790. The lowest BCUT2D eigenvalue weighted by atomic mass is 9.65. The van der Waals surface area contributed by atoms with E-state index in [2.05, 4.69) is 30.7 Å². The number of allylic oxidation sites excluding steroid dienone is 4. The van der Waals surface area contributed by atoms with Gasteiger partial charge in [0.05, 0.1) is 34.5 Å². The molecular formula is C22H26N6O2. The fraction of sp³-hybridized carbons (Fsp3) is 0.409. The van der Waals surface area contributed by atoms with Crippen molar-refractivity contribution in [2.45, 2.75) is 19.8 Å². The first kappa shape index (κ1) is 19.0. The first-order valence-corrected chi connectivity index (χ1v) is 10.5. The largest absolute Gasteiger partial charge is 0.395 e. The van der Waals surface area contributed by atoms with Crippen LogP contribution in [-0.4, -0.2) is 52.9 Å². The van der Waals surface area contributed by atoms with Gasteiger partial charge in [0, 0.05) is 36.4 Å². The number of ketones is 1. The van der Waals surface area contributed by atoms with Crippen molar-refractivity contribution in [2.24, 2.45) is 16.4 Å². The van der Waals surface area contributed by atoms with Crippen molar-refractivity contribution in [2.75, 3.05) is 31.6 Å². The number of fused-ring (bicyclic) bond motifs is 4. The predicted molar refractivity (Wildman–Crippen MR) is 117 cm³/mol. The SMILES string of the molecule is CC12C(=O)c3c(NCCCCNCCO)ccc4ncn(c34)C1=CC=C1NN=CC12. The summed E-state index contributed by atoms with van der Waals surface area (Å²) in [7, 11) is 0. The highest BCUT2D eigenvalue weighted by atomic mass is 16.3. The second-order valence-corrected chi connectivity index (χ2v) is 8.15. The average molecular weight is 406 g/mol. The molecule has 3 heterocycles. The summed E-state index contributed by atoms with van der Waals surface area (Å²) in [6.07, 6.45) is 9.64. The van der Waals surface area contributed by atoms with Crippen LogP contribution in [0.5, 0.6) is 0 Å². The molecule has 2 aromatic rings. The van der Waals surface area contributed by atoms with Crippen LogP contribution in [-0.2, 0) is 0 Å². The van der Waals surface area contributed by atoms with Crippen molar-refractivity contribution < 1.29 is 9.90 Å². The van der Waals surface area contributed by atoms with Gasteiger partial charge >= 0.3 is 0 Å². The molecule has 1 aromatic carbocycles. The lowest BCUT2D eigenvalue weighted by Gasteiger charge is -2.41. The number of hydrazone groups is 1. The molecule has 1 aliphatic carbocycles. The Bertz CT molecular complexity index is 1100. The summed E-state index contributed by atoms with van der Waals surface area (Å²) in [6.45, 7) is 4.44. The summed E-state index contributed by atoms with van der Waals surface area (Å²) >= 11 is 0. The van der Waals surface area contributed by atoms with Gasteiger partial charge in [-0.2, -0.15) is 5.10 Å². The highest BCUT2D eigenvalue weighted by Gasteiger charge is 2.53. The van der Waals surface area contributed by atoms with Crippen molar-refractivity contribution in [3.05, 3.63) is 41.9 Å². The number of aliphatic hydroxyl groups is 1. The molecule has 0 fully saturated rings. The molecule has 8 heteroatoms. The second kappa shape index (κ2) is 7.37. The minimum Gasteiger partial charge on any atom is -0.395 e. The third-order valence-corrected chi connectivity index (χ3v) is 6.38. The molecule has 156 valence electrons. The molecule has 0 spiro atoms. The lowest BCUT2D eigenvalue weighted by Crippen LogP contribution is -2.44. The molecule has 2 unspecified atom stereocenters. The monoisotopic (exact) mass is 406 g/mol. The van der Waals surface area contributed by atoms with Gasteiger partial charge in [-0.15, -0.1) is 0 Å². The minimum atomic E-state index is -0.732. The lowest BCUT2D eigenvalue weighted by molar-refractivity contribution is 0.0849. The Kier molecular flexibility index (Phi) is 4.67. The number of hydrogen-bond acceptors (Lipinski definition) is 7. The maximum absolute atomic E-state index is 14.0. The fourth-order valence-corrected chi connectivity index (χ4v) is 4.75. The number of aliphatic hydroxyl groups excluding tert-OH is 1. The van der Waals surface area contributed by atoms with E-state index in [1.807, 2.05) is 43.8 Å². The molecule has 0 amide bonds. The van der Waals surface area contributed by atoms with Gasteiger partial charge in [0.15, 0.2) is 5.78 Å². The number of carbonyl (C=O) groups is 1. The van der Waals surface area contributed by atoms with Crippen molar-refractivity contribution >= 4 is 34.4 Å². The van der Waals surface area contributed by atoms with E-state index in [0.29, 0.717) is 12.1 Å². The molecule has 3 aliphatic rings. The maximum atomic E-state index is 14.0. The number of nitrogens with zero attached hydrogens (tertiary/aromatic N) is 3. The van der Waals surface area contributed by atoms with E-state index in [-0.39, 0.29) is 18.3 Å². The molecule has 5 rings (SSSR count). The Morgan fingerprint density at radius 2 is 2.10 bits per heavy atom. The number of nitrogens with one attached hydrogen (secondary N) is 3. The highest BCUT2D eigenvalue weighted by Crippen LogP contribution is 2.52. The number of rotatable bonds is 8. The normalized spacial score (nSPS) is 23.7. The van der Waals surface area contributed by atoms with Crippen LogP contribution in [0.25, 0.3) is 16.7 Å². The van der Waals surface area contributed by atoms with E-state index in [1.165, 1.54) is 0 Å². The Labute approximate surface area is 174 Å². The molecule has 0 saturated heterocycles. The number of aromatic nitrogens is 2. The van der Waals surface area contributed by atoms with Crippen LogP contribution >= 0.6 is 0 Å². The summed E-state index contributed by atoms with van der Waals surface area (Å²) < 4.78 is 2.06. The number of unbranched alkanes of at least 4 members (excludes halogenated alkanes) is 1. The third kappa shape index (κ3) is 2.71. The van der Waals surface area contributed by atoms with Gasteiger partial charge in [0.2, 0.25) is 0 Å². The van der Waals surface area contributed by atoms with Gasteiger partial charge in [0.25, 0.3) is 0 Å². The minimum absolute atomic E-state index is 0.102. The first-order chi connectivity index (χ1) is 14.7. The molecule has 30 heavy (non-hydrogen) atoms. The average Bonchev–Trinajstić information content (AvgIpc) is 3.40. The van der Waals surface area contributed by atoms with E-state index < -0.39 is 5.41 Å². The summed E-state index contributed by atoms with van der Waals surface area (Å²) in [4.78, 5) is 18.5. The molecule has 2 atom stereocenters. The van der Waals surface area contributed by atoms with Crippen LogP contribution in [0.4, 0.5) is 5.69 Å². The number of anilines is 1. The van der Waals surface area contributed by atoms with Gasteiger partial charge in [-0.3, -0.25) is 10.2 Å². The van der Waals surface area contributed by atoms with Gasteiger partial charge in [-0.25, -0.2) is 4.98 Å². The van der Waals surface area contributed by atoms with Crippen LogP contribution < -0.4 is 16.1 Å². The maximum Gasteiger partial charge on any atom is 0.179 e. The zero-order valence-corrected chi connectivity index (χ0v) is 17.0. The molecule has 4 N–H and O–H groups in total. The molecular weight excluding hydrogens is 380 g/mol. The van der Waals surface area contributed by atoms with Crippen molar-refractivity contribution in [3.63, 3.8) is 0 Å². The zero-order chi connectivity index (χ0) is 20.7. The van der Waals surface area contributed by atoms with Crippen LogP contribution in [0.3, 0.4) is 0 Å². The summed E-state index contributed by atoms with van der Waals surface area (Å²) in [5, 5.41) is 19.7. The quantitative estimate of drug-likeness (QED) is 0.500. The standard InChI is InChI=1S/C22H26N6O2/c1-22-14-12-26-27-15(14)6-7-18(22)28-13-25-17-5-4-16(19(20(17)28)21(22)30)24-9-3-2-8-23-10-11-29/h4-7,12-14,23-24,27,29H,2-3,8-11H2,1H3. The Balaban J connectivity index is 1.47. The van der Waals surface area contributed by atoms with Crippen molar-refractivity contribution in [3.8, 4) is 0 Å². The highest BCUT2D eigenvalue weighted by molar-refractivity contribution is 6.21. The summed E-state index contributed by atoms with van der Waals surface area (Å²) in [5.41, 5.74) is 7.46. The molecule has 8 nitrogen and oxygen atoms in total. The van der Waals surface area contributed by atoms with Crippen LogP contribution in [0.2, 0.25) is 0 Å². The molecule has 0 bridgehead atoms. The van der Waals surface area contributed by atoms with E-state index in [4.69, 9.17) is 5.11 Å². The van der Waals surface area contributed by atoms with Gasteiger partial charge in [0.1, 0.15) is 6.33 Å². The Morgan fingerprint density at radius 1 is 1.23 bits per heavy atom. The zero-order valence-electron chi connectivity index (χ0n) is 17.0. The molecule has 1 aromatic heterocycles. The van der Waals surface area contributed by atoms with Gasteiger partial charge in [-0.1, -0.05) is 0 Å². The third-order valence-electron chi connectivity index (χ3n) is 6.38. The molecule has 2 aliphatic heterocycles. The second-order valence-electron chi connectivity index (χ2n) is 8.15. The number of benzene rings is 1. The van der Waals surface area contributed by atoms with E-state index in [9.17, 15) is 4.79 Å². The predicted octanol–water partition coefficient (Wildman–Crippen LogP) is 1.96. The first-order valence-electron chi connectivity index (χ1n) is 10.5. The Morgan fingerprint density at radius 3 is 2.97 bits per heavy atom. The molecule has 0 radical (unpaired) electrons. The van der Waals surface area contributed by atoms with Crippen molar-refractivity contribution in [1.82, 2.24) is 20.3 Å². The van der Waals surface area contributed by atoms with Crippen LogP contribution in [0, 0.1) is 11.3 Å². The van der Waals surface area contributed by atoms with Gasteiger partial charge < -0.3 is 20.3 Å². The summed E-state index contributed by atoms with van der Waals surface area (Å²) in [6, 6.07) is 3.94. The van der Waals surface area contributed by atoms with Crippen LogP contribution in [0.15, 0.2) is 41.4 Å². The topological polar surface area (TPSA) is 104 Å². The van der Waals surface area contributed by atoms with E-state index >= 15 is 0 Å². The van der Waals surface area contributed by atoms with E-state index in [0.717, 1.165) is 54.0 Å². The van der Waals surface area contributed by atoms with Gasteiger partial charge in [-0.05, 0) is 50.6 Å². The fourth-order valence-electron chi connectivity index (χ4n) is 4.75. The number of hydrogen-bond donors (Lipinski definition) is 4. The number of carbonyl (C=O) groups excluding carboxylic acids is 1. The number of Topliss-reactive ketones (excluding diaryl/α,β-unsaturated/α-hetero) is 1.